The average Bonchev–Trinajstić information content (AvgIpc) is 2.99. The number of ether oxygens (including phenoxy) is 1. The monoisotopic (exact) mass is 467 g/mol. The summed E-state index contributed by atoms with van der Waals surface area (Å²) >= 11 is 4.51. The molecule has 6 heteroatoms. The second kappa shape index (κ2) is 8.43. The number of carbonyl (C=O) groups excluding carboxylic acids is 2. The van der Waals surface area contributed by atoms with E-state index in [1.165, 1.54) is 15.7 Å². The van der Waals surface area contributed by atoms with Gasteiger partial charge in [0, 0.05) is 6.54 Å². The molecule has 1 fully saturated rings. The summed E-state index contributed by atoms with van der Waals surface area (Å²) in [6.45, 7) is 2.63. The van der Waals surface area contributed by atoms with Crippen LogP contribution in [0.5, 0.6) is 5.75 Å². The molecule has 29 heavy (non-hydrogen) atoms. The number of likely N-dealkylation sites (N-methyl/N-ethyl adjacent to an activating group) is 1. The number of imide groups is 1. The molecule has 1 aliphatic rings. The molecule has 1 heterocycles. The van der Waals surface area contributed by atoms with Crippen LogP contribution in [0.4, 0.5) is 4.79 Å². The van der Waals surface area contributed by atoms with Crippen LogP contribution in [0.3, 0.4) is 0 Å². The Bertz CT molecular complexity index is 1140. The minimum absolute atomic E-state index is 0.224. The van der Waals surface area contributed by atoms with E-state index in [1.54, 1.807) is 13.0 Å². The fraction of sp³-hybridized carbons (Fsp3) is 0.130. The van der Waals surface area contributed by atoms with Gasteiger partial charge in [-0.05, 0) is 80.8 Å². The van der Waals surface area contributed by atoms with E-state index in [0.29, 0.717) is 18.1 Å². The minimum atomic E-state index is -0.241. The van der Waals surface area contributed by atoms with Gasteiger partial charge in [0.15, 0.2) is 0 Å². The van der Waals surface area contributed by atoms with Gasteiger partial charge in [0.2, 0.25) is 0 Å². The van der Waals surface area contributed by atoms with Crippen molar-refractivity contribution in [2.75, 3.05) is 6.54 Å². The van der Waals surface area contributed by atoms with E-state index in [4.69, 9.17) is 4.74 Å². The summed E-state index contributed by atoms with van der Waals surface area (Å²) in [4.78, 5) is 25.8. The third-order valence-electron chi connectivity index (χ3n) is 4.65. The van der Waals surface area contributed by atoms with E-state index in [0.717, 1.165) is 33.1 Å². The van der Waals surface area contributed by atoms with Crippen molar-refractivity contribution in [3.8, 4) is 5.75 Å². The van der Waals surface area contributed by atoms with Crippen LogP contribution in [0.2, 0.25) is 0 Å². The van der Waals surface area contributed by atoms with Crippen molar-refractivity contribution in [2.45, 2.75) is 13.5 Å². The molecule has 1 saturated heterocycles. The molecule has 3 aromatic carbocycles. The summed E-state index contributed by atoms with van der Waals surface area (Å²) in [6.07, 6.45) is 1.73. The van der Waals surface area contributed by atoms with Crippen LogP contribution in [0.25, 0.3) is 16.8 Å². The molecule has 0 aromatic heterocycles. The van der Waals surface area contributed by atoms with Crippen LogP contribution < -0.4 is 4.74 Å². The van der Waals surface area contributed by atoms with E-state index in [9.17, 15) is 9.59 Å². The SMILES string of the molecule is CCN1C(=O)SC(=Cc2ccc(OCc3ccc4ccccc4c3)c(Br)c2)C1=O. The molecule has 3 aromatic rings. The second-order valence-electron chi connectivity index (χ2n) is 6.59. The van der Waals surface area contributed by atoms with Gasteiger partial charge in [0.05, 0.1) is 9.38 Å². The summed E-state index contributed by atoms with van der Waals surface area (Å²) in [5, 5.41) is 2.16. The van der Waals surface area contributed by atoms with Crippen LogP contribution in [0.1, 0.15) is 18.1 Å². The predicted octanol–water partition coefficient (Wildman–Crippen LogP) is 6.24. The van der Waals surface area contributed by atoms with Gasteiger partial charge in [-0.2, -0.15) is 0 Å². The van der Waals surface area contributed by atoms with Crippen LogP contribution in [0, 0.1) is 0 Å². The highest BCUT2D eigenvalue weighted by Gasteiger charge is 2.33. The van der Waals surface area contributed by atoms with Gasteiger partial charge in [0.1, 0.15) is 12.4 Å². The highest BCUT2D eigenvalue weighted by Crippen LogP contribution is 2.34. The third-order valence-corrected chi connectivity index (χ3v) is 6.18. The Balaban J connectivity index is 1.48. The fourth-order valence-corrected chi connectivity index (χ4v) is 4.55. The van der Waals surface area contributed by atoms with Crippen LogP contribution in [0.15, 0.2) is 70.0 Å². The summed E-state index contributed by atoms with van der Waals surface area (Å²) < 4.78 is 6.76. The number of carbonyl (C=O) groups is 2. The number of rotatable bonds is 5. The lowest BCUT2D eigenvalue weighted by molar-refractivity contribution is -0.122. The Kier molecular flexibility index (Phi) is 5.74. The second-order valence-corrected chi connectivity index (χ2v) is 8.43. The Hall–Kier alpha value is -2.57. The molecule has 0 radical (unpaired) electrons. The van der Waals surface area contributed by atoms with Gasteiger partial charge in [0.25, 0.3) is 11.1 Å². The number of fused-ring (bicyclic) bond motifs is 1. The number of benzene rings is 3. The number of hydrogen-bond acceptors (Lipinski definition) is 4. The van der Waals surface area contributed by atoms with Gasteiger partial charge < -0.3 is 4.74 Å². The van der Waals surface area contributed by atoms with E-state index in [-0.39, 0.29) is 11.1 Å². The number of thioether (sulfide) groups is 1. The number of halogens is 1. The quantitative estimate of drug-likeness (QED) is 0.416. The predicted molar refractivity (Wildman–Crippen MR) is 121 cm³/mol. The molecule has 0 bridgehead atoms. The molecular formula is C23H18BrNO3S. The first-order valence-electron chi connectivity index (χ1n) is 9.20. The summed E-state index contributed by atoms with van der Waals surface area (Å²) in [5.74, 6) is 0.479. The molecule has 146 valence electrons. The maximum absolute atomic E-state index is 12.2. The van der Waals surface area contributed by atoms with Crippen LogP contribution in [-0.2, 0) is 11.4 Å². The standard InChI is InChI=1S/C23H18BrNO3S/c1-2-25-22(26)21(29-23(25)27)13-15-8-10-20(19(24)12-15)28-14-16-7-9-17-5-3-4-6-18(17)11-16/h3-13H,2,14H2,1H3. The number of amides is 2. The first kappa shape index (κ1) is 19.7. The van der Waals surface area contributed by atoms with Gasteiger partial charge in [-0.25, -0.2) is 0 Å². The smallest absolute Gasteiger partial charge is 0.293 e. The van der Waals surface area contributed by atoms with Crippen molar-refractivity contribution in [1.29, 1.82) is 0 Å². The van der Waals surface area contributed by atoms with Crippen LogP contribution in [-0.4, -0.2) is 22.6 Å². The first-order valence-corrected chi connectivity index (χ1v) is 10.8. The van der Waals surface area contributed by atoms with Crippen molar-refractivity contribution < 1.29 is 14.3 Å². The zero-order chi connectivity index (χ0) is 20.4. The van der Waals surface area contributed by atoms with E-state index < -0.39 is 0 Å². The molecule has 0 spiro atoms. The maximum Gasteiger partial charge on any atom is 0.293 e. The highest BCUT2D eigenvalue weighted by molar-refractivity contribution is 9.10. The van der Waals surface area contributed by atoms with Crippen molar-refractivity contribution in [1.82, 2.24) is 4.90 Å². The molecule has 0 unspecified atom stereocenters. The van der Waals surface area contributed by atoms with E-state index in [2.05, 4.69) is 46.3 Å². The number of nitrogens with zero attached hydrogens (tertiary/aromatic N) is 1. The summed E-state index contributed by atoms with van der Waals surface area (Å²) in [5.41, 5.74) is 1.92. The summed E-state index contributed by atoms with van der Waals surface area (Å²) in [7, 11) is 0. The summed E-state index contributed by atoms with van der Waals surface area (Å²) in [6, 6.07) is 20.1. The maximum atomic E-state index is 12.2. The highest BCUT2D eigenvalue weighted by atomic mass is 79.9. The average molecular weight is 468 g/mol. The Morgan fingerprint density at radius 3 is 2.55 bits per heavy atom. The lowest BCUT2D eigenvalue weighted by Gasteiger charge is -2.10. The zero-order valence-corrected chi connectivity index (χ0v) is 18.1. The van der Waals surface area contributed by atoms with Crippen molar-refractivity contribution in [3.05, 3.63) is 81.2 Å². The minimum Gasteiger partial charge on any atom is -0.488 e. The Labute approximate surface area is 181 Å². The lowest BCUT2D eigenvalue weighted by Crippen LogP contribution is -2.27. The molecule has 1 aliphatic heterocycles. The Morgan fingerprint density at radius 2 is 1.83 bits per heavy atom. The molecule has 0 aliphatic carbocycles. The molecule has 0 N–H and O–H groups in total. The zero-order valence-electron chi connectivity index (χ0n) is 15.7. The normalized spacial score (nSPS) is 15.5. The molecule has 0 saturated carbocycles. The number of hydrogen-bond donors (Lipinski definition) is 0. The van der Waals surface area contributed by atoms with Crippen molar-refractivity contribution in [3.63, 3.8) is 0 Å². The molecule has 4 nitrogen and oxygen atoms in total. The molecular weight excluding hydrogens is 450 g/mol. The molecule has 0 atom stereocenters. The Morgan fingerprint density at radius 1 is 1.03 bits per heavy atom. The topological polar surface area (TPSA) is 46.6 Å². The van der Waals surface area contributed by atoms with Gasteiger partial charge in [-0.15, -0.1) is 0 Å². The largest absolute Gasteiger partial charge is 0.488 e. The van der Waals surface area contributed by atoms with Crippen LogP contribution >= 0.6 is 27.7 Å². The fourth-order valence-electron chi connectivity index (χ4n) is 3.14. The lowest BCUT2D eigenvalue weighted by atomic mass is 10.1. The van der Waals surface area contributed by atoms with Gasteiger partial charge >= 0.3 is 0 Å². The molecule has 2 amide bonds. The van der Waals surface area contributed by atoms with Gasteiger partial charge in [-0.1, -0.05) is 42.5 Å². The van der Waals surface area contributed by atoms with E-state index >= 15 is 0 Å². The van der Waals surface area contributed by atoms with Gasteiger partial charge in [-0.3, -0.25) is 14.5 Å². The van der Waals surface area contributed by atoms with Crippen molar-refractivity contribution in [2.24, 2.45) is 0 Å². The van der Waals surface area contributed by atoms with E-state index in [1.807, 2.05) is 30.3 Å². The molecule has 4 rings (SSSR count). The third kappa shape index (κ3) is 4.23. The van der Waals surface area contributed by atoms with Crippen molar-refractivity contribution >= 4 is 55.7 Å². The first-order chi connectivity index (χ1) is 14.0.